The molecule has 2 aromatic rings. The van der Waals surface area contributed by atoms with E-state index in [4.69, 9.17) is 4.74 Å². The molecule has 1 saturated heterocycles. The summed E-state index contributed by atoms with van der Waals surface area (Å²) in [5.74, 6) is -2.78. The Labute approximate surface area is 189 Å². The Bertz CT molecular complexity index is 1070. The van der Waals surface area contributed by atoms with Crippen molar-refractivity contribution >= 4 is 52.1 Å². The van der Waals surface area contributed by atoms with Crippen molar-refractivity contribution in [1.82, 2.24) is 13.6 Å². The Hall–Kier alpha value is -3.14. The minimum atomic E-state index is -1.04. The van der Waals surface area contributed by atoms with Crippen LogP contribution in [0.2, 0.25) is 0 Å². The Kier molecular flexibility index (Phi) is 6.31. The fourth-order valence-electron chi connectivity index (χ4n) is 4.21. The van der Waals surface area contributed by atoms with Gasteiger partial charge in [-0.1, -0.05) is 32.1 Å². The number of aromatic nitrogens is 2. The summed E-state index contributed by atoms with van der Waals surface area (Å²) in [5, 5.41) is 2.67. The van der Waals surface area contributed by atoms with Gasteiger partial charge in [-0.25, -0.2) is 4.79 Å². The number of anilines is 1. The average Bonchev–Trinajstić information content (AvgIpc) is 3.35. The molecule has 2 heterocycles. The standard InChI is InChI=1S/C22H24N4O5S/c1-12(2)10-17(26-20(28)13-6-3-4-7-14(13)21(26)29)22(30)31-11-18(27)23-15-8-5-9-16-19(15)25-32-24-16/h3-5,8-9,12-14,17H,6-7,10-11H2,1-2H3,(H,23,27)/t13-,14+,17-/m0/s1. The van der Waals surface area contributed by atoms with Crippen molar-refractivity contribution in [1.29, 1.82) is 0 Å². The molecule has 9 nitrogen and oxygen atoms in total. The monoisotopic (exact) mass is 456 g/mol. The van der Waals surface area contributed by atoms with Gasteiger partial charge in [0.05, 0.1) is 29.3 Å². The van der Waals surface area contributed by atoms with Gasteiger partial charge in [-0.05, 0) is 37.3 Å². The summed E-state index contributed by atoms with van der Waals surface area (Å²) in [6, 6.07) is 4.16. The molecule has 1 aromatic carbocycles. The quantitative estimate of drug-likeness (QED) is 0.386. The minimum Gasteiger partial charge on any atom is -0.454 e. The van der Waals surface area contributed by atoms with Crippen LogP contribution in [0.1, 0.15) is 33.1 Å². The van der Waals surface area contributed by atoms with Gasteiger partial charge in [0, 0.05) is 0 Å². The summed E-state index contributed by atoms with van der Waals surface area (Å²) < 4.78 is 13.5. The van der Waals surface area contributed by atoms with Crippen molar-refractivity contribution in [3.05, 3.63) is 30.4 Å². The van der Waals surface area contributed by atoms with E-state index in [0.29, 0.717) is 29.6 Å². The highest BCUT2D eigenvalue weighted by Gasteiger charge is 2.51. The Morgan fingerprint density at radius 2 is 1.84 bits per heavy atom. The largest absolute Gasteiger partial charge is 0.454 e. The van der Waals surface area contributed by atoms with Crippen molar-refractivity contribution in [2.45, 2.75) is 39.2 Å². The molecule has 32 heavy (non-hydrogen) atoms. The van der Waals surface area contributed by atoms with E-state index in [0.717, 1.165) is 16.6 Å². The molecular weight excluding hydrogens is 432 g/mol. The number of rotatable bonds is 7. The SMILES string of the molecule is CC(C)C[C@@H](C(=O)OCC(=O)Nc1cccc2nsnc12)N1C(=O)[C@H]2CC=CC[C@H]2C1=O. The lowest BCUT2D eigenvalue weighted by atomic mass is 9.85. The van der Waals surface area contributed by atoms with Crippen LogP contribution in [0, 0.1) is 17.8 Å². The number of nitrogens with zero attached hydrogens (tertiary/aromatic N) is 3. The number of ether oxygens (including phenoxy) is 1. The van der Waals surface area contributed by atoms with E-state index in [9.17, 15) is 19.2 Å². The first kappa shape index (κ1) is 22.1. The maximum atomic E-state index is 12.9. The van der Waals surface area contributed by atoms with E-state index in [1.807, 2.05) is 26.0 Å². The number of allylic oxidation sites excluding steroid dienone is 2. The summed E-state index contributed by atoms with van der Waals surface area (Å²) in [6.45, 7) is 3.26. The summed E-state index contributed by atoms with van der Waals surface area (Å²) in [6.07, 6.45) is 5.06. The van der Waals surface area contributed by atoms with Crippen LogP contribution in [-0.2, 0) is 23.9 Å². The highest BCUT2D eigenvalue weighted by atomic mass is 32.1. The second kappa shape index (κ2) is 9.15. The summed E-state index contributed by atoms with van der Waals surface area (Å²) in [4.78, 5) is 52.2. The molecule has 0 unspecified atom stereocenters. The molecular formula is C22H24N4O5S. The molecule has 1 aromatic heterocycles. The van der Waals surface area contributed by atoms with Crippen LogP contribution in [-0.4, -0.2) is 50.0 Å². The molecule has 3 atom stereocenters. The third-order valence-corrected chi connectivity index (χ3v) is 6.27. The Balaban J connectivity index is 1.43. The van der Waals surface area contributed by atoms with Crippen LogP contribution >= 0.6 is 11.7 Å². The van der Waals surface area contributed by atoms with Gasteiger partial charge in [0.25, 0.3) is 5.91 Å². The fraction of sp³-hybridized carbons (Fsp3) is 0.455. The smallest absolute Gasteiger partial charge is 0.329 e. The number of benzene rings is 1. The lowest BCUT2D eigenvalue weighted by Crippen LogP contribution is -2.47. The van der Waals surface area contributed by atoms with Crippen LogP contribution in [0.25, 0.3) is 11.0 Å². The van der Waals surface area contributed by atoms with Gasteiger partial charge in [-0.2, -0.15) is 8.75 Å². The average molecular weight is 457 g/mol. The van der Waals surface area contributed by atoms with Crippen LogP contribution < -0.4 is 5.32 Å². The van der Waals surface area contributed by atoms with Gasteiger partial charge >= 0.3 is 5.97 Å². The Morgan fingerprint density at radius 3 is 2.50 bits per heavy atom. The number of amides is 3. The van der Waals surface area contributed by atoms with E-state index < -0.39 is 36.4 Å². The van der Waals surface area contributed by atoms with Gasteiger partial charge in [-0.3, -0.25) is 19.3 Å². The van der Waals surface area contributed by atoms with Gasteiger partial charge < -0.3 is 10.1 Å². The first-order chi connectivity index (χ1) is 15.4. The van der Waals surface area contributed by atoms with Crippen LogP contribution in [0.3, 0.4) is 0 Å². The number of nitrogens with one attached hydrogen (secondary N) is 1. The van der Waals surface area contributed by atoms with Crippen LogP contribution in [0.15, 0.2) is 30.4 Å². The number of carbonyl (C=O) groups is 4. The van der Waals surface area contributed by atoms with Gasteiger partial charge in [0.2, 0.25) is 11.8 Å². The number of hydrogen-bond donors (Lipinski definition) is 1. The van der Waals surface area contributed by atoms with Gasteiger partial charge in [-0.15, -0.1) is 0 Å². The lowest BCUT2D eigenvalue weighted by Gasteiger charge is -2.26. The predicted octanol–water partition coefficient (Wildman–Crippen LogP) is 2.54. The van der Waals surface area contributed by atoms with E-state index in [1.165, 1.54) is 0 Å². The number of fused-ring (bicyclic) bond motifs is 2. The first-order valence-corrected chi connectivity index (χ1v) is 11.3. The molecule has 168 valence electrons. The molecule has 1 N–H and O–H groups in total. The van der Waals surface area contributed by atoms with Gasteiger partial charge in [0.1, 0.15) is 17.1 Å². The number of likely N-dealkylation sites (tertiary alicyclic amines) is 1. The molecule has 0 saturated carbocycles. The number of imide groups is 1. The predicted molar refractivity (Wildman–Crippen MR) is 117 cm³/mol. The lowest BCUT2D eigenvalue weighted by molar-refractivity contribution is -0.160. The summed E-state index contributed by atoms with van der Waals surface area (Å²) >= 11 is 1.03. The maximum Gasteiger partial charge on any atom is 0.329 e. The van der Waals surface area contributed by atoms with Crippen LogP contribution in [0.4, 0.5) is 5.69 Å². The number of hydrogen-bond acceptors (Lipinski definition) is 8. The normalized spacial score (nSPS) is 21.2. The summed E-state index contributed by atoms with van der Waals surface area (Å²) in [7, 11) is 0. The molecule has 2 aliphatic rings. The maximum absolute atomic E-state index is 12.9. The highest BCUT2D eigenvalue weighted by molar-refractivity contribution is 7.00. The molecule has 0 radical (unpaired) electrons. The number of esters is 1. The number of carbonyl (C=O) groups excluding carboxylic acids is 4. The van der Waals surface area contributed by atoms with E-state index in [1.54, 1.807) is 18.2 Å². The van der Waals surface area contributed by atoms with Crippen molar-refractivity contribution in [3.63, 3.8) is 0 Å². The second-order valence-corrected chi connectivity index (χ2v) is 8.97. The van der Waals surface area contributed by atoms with Crippen LogP contribution in [0.5, 0.6) is 0 Å². The van der Waals surface area contributed by atoms with Crippen molar-refractivity contribution in [3.8, 4) is 0 Å². The minimum absolute atomic E-state index is 0.0393. The third-order valence-electron chi connectivity index (χ3n) is 5.73. The zero-order valence-corrected chi connectivity index (χ0v) is 18.6. The molecule has 0 spiro atoms. The molecule has 3 amide bonds. The van der Waals surface area contributed by atoms with Crippen molar-refractivity contribution in [2.24, 2.45) is 17.8 Å². The van der Waals surface area contributed by atoms with Crippen molar-refractivity contribution in [2.75, 3.05) is 11.9 Å². The summed E-state index contributed by atoms with van der Waals surface area (Å²) in [5.41, 5.74) is 1.68. The van der Waals surface area contributed by atoms with E-state index in [-0.39, 0.29) is 24.2 Å². The molecule has 1 aliphatic heterocycles. The highest BCUT2D eigenvalue weighted by Crippen LogP contribution is 2.37. The van der Waals surface area contributed by atoms with Gasteiger partial charge in [0.15, 0.2) is 6.61 Å². The second-order valence-electron chi connectivity index (χ2n) is 8.44. The fourth-order valence-corrected chi connectivity index (χ4v) is 4.76. The first-order valence-electron chi connectivity index (χ1n) is 10.6. The molecule has 1 aliphatic carbocycles. The third kappa shape index (κ3) is 4.27. The molecule has 10 heteroatoms. The van der Waals surface area contributed by atoms with E-state index >= 15 is 0 Å². The Morgan fingerprint density at radius 1 is 1.16 bits per heavy atom. The molecule has 0 bridgehead atoms. The topological polar surface area (TPSA) is 119 Å². The molecule has 1 fully saturated rings. The van der Waals surface area contributed by atoms with E-state index in [2.05, 4.69) is 14.1 Å². The zero-order chi connectivity index (χ0) is 22.8. The zero-order valence-electron chi connectivity index (χ0n) is 17.8. The molecule has 4 rings (SSSR count). The van der Waals surface area contributed by atoms with Crippen molar-refractivity contribution < 1.29 is 23.9 Å².